The van der Waals surface area contributed by atoms with Crippen LogP contribution in [0.3, 0.4) is 0 Å². The Morgan fingerprint density at radius 1 is 1.27 bits per heavy atom. The normalized spacial score (nSPS) is 25.9. The topological polar surface area (TPSA) is 38.8 Å². The fourth-order valence-electron chi connectivity index (χ4n) is 3.20. The maximum atomic E-state index is 11.8. The number of nitrogens with zero attached hydrogens (tertiary/aromatic N) is 1. The predicted octanol–water partition coefficient (Wildman–Crippen LogP) is 2.71. The van der Waals surface area contributed by atoms with Crippen LogP contribution in [0, 0.1) is 0 Å². The molecule has 1 aliphatic heterocycles. The Morgan fingerprint density at radius 3 is 2.64 bits per heavy atom. The average molecular weight is 299 g/mol. The molecule has 0 aromatic heterocycles. The smallest absolute Gasteiger partial charge is 0.331 e. The van der Waals surface area contributed by atoms with E-state index in [0.29, 0.717) is 0 Å². The first kappa shape index (κ1) is 14.9. The molecule has 22 heavy (non-hydrogen) atoms. The van der Waals surface area contributed by atoms with Crippen molar-refractivity contribution in [2.45, 2.75) is 26.1 Å². The van der Waals surface area contributed by atoms with Crippen LogP contribution in [0.4, 0.5) is 0 Å². The zero-order valence-electron chi connectivity index (χ0n) is 13.2. The van der Waals surface area contributed by atoms with Gasteiger partial charge in [-0.2, -0.15) is 0 Å². The number of methoxy groups -OCH3 is 1. The van der Waals surface area contributed by atoms with Gasteiger partial charge < -0.3 is 14.4 Å². The quantitative estimate of drug-likeness (QED) is 0.622. The lowest BCUT2D eigenvalue weighted by molar-refractivity contribution is -0.134. The molecular formula is C18H21NO3. The Hall–Kier alpha value is -2.07. The summed E-state index contributed by atoms with van der Waals surface area (Å²) in [7, 11) is 1.41. The van der Waals surface area contributed by atoms with Gasteiger partial charge in [0.1, 0.15) is 0 Å². The van der Waals surface area contributed by atoms with Crippen molar-refractivity contribution >= 4 is 17.6 Å². The monoisotopic (exact) mass is 299 g/mol. The first-order valence-electron chi connectivity index (χ1n) is 7.60. The Balaban J connectivity index is 1.99. The fraction of sp³-hybridized carbons (Fsp3) is 0.389. The molecule has 3 rings (SSSR count). The molecule has 0 unspecified atom stereocenters. The molecule has 1 aromatic rings. The van der Waals surface area contributed by atoms with Gasteiger partial charge in [0.25, 0.3) is 0 Å². The average Bonchev–Trinajstić information content (AvgIpc) is 2.85. The van der Waals surface area contributed by atoms with Crippen molar-refractivity contribution < 1.29 is 14.3 Å². The third kappa shape index (κ3) is 2.79. The first-order valence-corrected chi connectivity index (χ1v) is 7.60. The van der Waals surface area contributed by atoms with E-state index >= 15 is 0 Å². The van der Waals surface area contributed by atoms with Crippen molar-refractivity contribution in [3.8, 4) is 0 Å². The van der Waals surface area contributed by atoms with Crippen molar-refractivity contribution in [1.29, 1.82) is 0 Å². The second-order valence-corrected chi connectivity index (χ2v) is 5.86. The Bertz CT molecular complexity index is 637. The third-order valence-corrected chi connectivity index (χ3v) is 4.04. The van der Waals surface area contributed by atoms with Gasteiger partial charge in [0, 0.05) is 30.4 Å². The maximum absolute atomic E-state index is 11.8. The van der Waals surface area contributed by atoms with Crippen LogP contribution in [-0.4, -0.2) is 43.3 Å². The number of carbonyl (C=O) groups is 1. The van der Waals surface area contributed by atoms with E-state index < -0.39 is 0 Å². The van der Waals surface area contributed by atoms with Crippen LogP contribution < -0.4 is 0 Å². The van der Waals surface area contributed by atoms with Crippen LogP contribution in [0.1, 0.15) is 25.0 Å². The standard InChI is InChI=1S/C18H21NO3/c1-12-10-19(11-13(2)22-12)17-8-14-6-4-5-7-15(14)16(17)9-18(20)21-3/h4-9,12-13H,10-11H2,1-3H3/b16-9+/t12-,13+. The van der Waals surface area contributed by atoms with E-state index in [4.69, 9.17) is 9.47 Å². The van der Waals surface area contributed by atoms with E-state index in [9.17, 15) is 4.79 Å². The summed E-state index contributed by atoms with van der Waals surface area (Å²) in [4.78, 5) is 14.1. The minimum Gasteiger partial charge on any atom is -0.466 e. The predicted molar refractivity (Wildman–Crippen MR) is 86.0 cm³/mol. The highest BCUT2D eigenvalue weighted by Gasteiger charge is 2.29. The maximum Gasteiger partial charge on any atom is 0.331 e. The summed E-state index contributed by atoms with van der Waals surface area (Å²) in [6.45, 7) is 5.80. The number of rotatable bonds is 2. The number of fused-ring (bicyclic) bond motifs is 1. The van der Waals surface area contributed by atoms with Crippen LogP contribution in [-0.2, 0) is 14.3 Å². The zero-order valence-corrected chi connectivity index (χ0v) is 13.2. The molecule has 0 bridgehead atoms. The second-order valence-electron chi connectivity index (χ2n) is 5.86. The summed E-state index contributed by atoms with van der Waals surface area (Å²) in [6.07, 6.45) is 4.08. The number of ether oxygens (including phenoxy) is 2. The number of morpholine rings is 1. The molecule has 1 saturated heterocycles. The number of carbonyl (C=O) groups excluding carboxylic acids is 1. The molecular weight excluding hydrogens is 278 g/mol. The summed E-state index contributed by atoms with van der Waals surface area (Å²) < 4.78 is 10.6. The largest absolute Gasteiger partial charge is 0.466 e. The minimum absolute atomic E-state index is 0.174. The van der Waals surface area contributed by atoms with Crippen LogP contribution in [0.2, 0.25) is 0 Å². The Labute approximate surface area is 131 Å². The molecule has 0 spiro atoms. The van der Waals surface area contributed by atoms with Gasteiger partial charge in [-0.3, -0.25) is 0 Å². The zero-order chi connectivity index (χ0) is 15.7. The SMILES string of the molecule is COC(=O)/C=C1/C(N2C[C@@H](C)O[C@@H](C)C2)=Cc2ccccc21. The third-order valence-electron chi connectivity index (χ3n) is 4.04. The molecule has 1 aliphatic carbocycles. The summed E-state index contributed by atoms with van der Waals surface area (Å²) in [5, 5.41) is 0. The Morgan fingerprint density at radius 2 is 1.95 bits per heavy atom. The molecule has 1 aromatic carbocycles. The summed E-state index contributed by atoms with van der Waals surface area (Å²) in [5.41, 5.74) is 4.23. The molecule has 1 fully saturated rings. The van der Waals surface area contributed by atoms with Gasteiger partial charge >= 0.3 is 5.97 Å². The lowest BCUT2D eigenvalue weighted by Crippen LogP contribution is -2.44. The van der Waals surface area contributed by atoms with Gasteiger partial charge in [0.05, 0.1) is 19.3 Å². The fourth-order valence-corrected chi connectivity index (χ4v) is 3.20. The lowest BCUT2D eigenvalue weighted by atomic mass is 10.0. The summed E-state index contributed by atoms with van der Waals surface area (Å²) in [5.74, 6) is -0.327. The highest BCUT2D eigenvalue weighted by Crippen LogP contribution is 2.38. The Kier molecular flexibility index (Phi) is 4.03. The van der Waals surface area contributed by atoms with Crippen molar-refractivity contribution in [3.05, 3.63) is 47.2 Å². The van der Waals surface area contributed by atoms with Gasteiger partial charge in [-0.15, -0.1) is 0 Å². The molecule has 0 radical (unpaired) electrons. The van der Waals surface area contributed by atoms with Gasteiger partial charge in [0.15, 0.2) is 0 Å². The van der Waals surface area contributed by atoms with Gasteiger partial charge in [-0.25, -0.2) is 4.79 Å². The highest BCUT2D eigenvalue weighted by molar-refractivity contribution is 6.02. The number of hydrogen-bond acceptors (Lipinski definition) is 4. The van der Waals surface area contributed by atoms with E-state index in [1.54, 1.807) is 6.08 Å². The lowest BCUT2D eigenvalue weighted by Gasteiger charge is -2.38. The van der Waals surface area contributed by atoms with Crippen LogP contribution >= 0.6 is 0 Å². The molecule has 0 amide bonds. The van der Waals surface area contributed by atoms with Crippen molar-refractivity contribution in [3.63, 3.8) is 0 Å². The number of benzene rings is 1. The van der Waals surface area contributed by atoms with Crippen molar-refractivity contribution in [2.75, 3.05) is 20.2 Å². The summed E-state index contributed by atoms with van der Waals surface area (Å²) in [6, 6.07) is 8.12. The first-order chi connectivity index (χ1) is 10.6. The highest BCUT2D eigenvalue weighted by atomic mass is 16.5. The van der Waals surface area contributed by atoms with E-state index in [1.165, 1.54) is 7.11 Å². The molecule has 1 heterocycles. The number of esters is 1. The van der Waals surface area contributed by atoms with E-state index in [2.05, 4.69) is 30.9 Å². The molecule has 2 atom stereocenters. The van der Waals surface area contributed by atoms with Crippen molar-refractivity contribution in [1.82, 2.24) is 4.90 Å². The molecule has 116 valence electrons. The minimum atomic E-state index is -0.327. The molecule has 0 saturated carbocycles. The number of hydrogen-bond donors (Lipinski definition) is 0. The molecule has 4 nitrogen and oxygen atoms in total. The van der Waals surface area contributed by atoms with E-state index in [1.807, 2.05) is 18.2 Å². The van der Waals surface area contributed by atoms with Crippen LogP contribution in [0.25, 0.3) is 11.6 Å². The van der Waals surface area contributed by atoms with Gasteiger partial charge in [-0.05, 0) is 31.1 Å². The second kappa shape index (κ2) is 5.97. The summed E-state index contributed by atoms with van der Waals surface area (Å²) >= 11 is 0. The molecule has 0 N–H and O–H groups in total. The van der Waals surface area contributed by atoms with Crippen molar-refractivity contribution in [2.24, 2.45) is 0 Å². The van der Waals surface area contributed by atoms with Crippen LogP contribution in [0.15, 0.2) is 36.0 Å². The van der Waals surface area contributed by atoms with E-state index in [-0.39, 0.29) is 18.2 Å². The van der Waals surface area contributed by atoms with Gasteiger partial charge in [-0.1, -0.05) is 24.3 Å². The van der Waals surface area contributed by atoms with Crippen LogP contribution in [0.5, 0.6) is 0 Å². The van der Waals surface area contributed by atoms with Gasteiger partial charge in [0.2, 0.25) is 0 Å². The van der Waals surface area contributed by atoms with E-state index in [0.717, 1.165) is 35.5 Å². The number of allylic oxidation sites excluding steroid dienone is 1. The molecule has 4 heteroatoms. The molecule has 2 aliphatic rings.